The van der Waals surface area contributed by atoms with Gasteiger partial charge in [0, 0.05) is 53.8 Å². The van der Waals surface area contributed by atoms with Crippen LogP contribution in [0.5, 0.6) is 5.75 Å². The fourth-order valence-electron chi connectivity index (χ4n) is 4.84. The number of ether oxygens (including phenoxy) is 2. The number of hydrogen-bond acceptors (Lipinski definition) is 8. The van der Waals surface area contributed by atoms with Crippen molar-refractivity contribution >= 4 is 33.9 Å². The largest absolute Gasteiger partial charge is 0.489 e. The van der Waals surface area contributed by atoms with Gasteiger partial charge < -0.3 is 24.3 Å². The Hall–Kier alpha value is -3.08. The highest BCUT2D eigenvalue weighted by Gasteiger charge is 2.28. The monoisotopic (exact) mass is 551 g/mol. The number of rotatable bonds is 11. The second-order valence-corrected chi connectivity index (χ2v) is 11.4. The normalized spacial score (nSPS) is 17.5. The summed E-state index contributed by atoms with van der Waals surface area (Å²) in [6.45, 7) is 2.40. The van der Waals surface area contributed by atoms with Crippen LogP contribution in [0.1, 0.15) is 35.8 Å². The molecule has 38 heavy (non-hydrogen) atoms. The van der Waals surface area contributed by atoms with Gasteiger partial charge in [-0.05, 0) is 66.9 Å². The summed E-state index contributed by atoms with van der Waals surface area (Å²) in [5, 5.41) is 6.31. The van der Waals surface area contributed by atoms with Crippen molar-refractivity contribution in [3.8, 4) is 5.75 Å². The fourth-order valence-corrected chi connectivity index (χ4v) is 6.14. The van der Waals surface area contributed by atoms with Crippen LogP contribution in [0.2, 0.25) is 0 Å². The molecule has 10 heteroatoms. The molecule has 4 aromatic rings. The fraction of sp³-hybridized carbons (Fsp3) is 0.357. The smallest absolute Gasteiger partial charge is 0.213 e. The molecule has 0 radical (unpaired) electrons. The second-order valence-electron chi connectivity index (χ2n) is 9.48. The number of nitrogens with one attached hydrogen (secondary N) is 1. The minimum atomic E-state index is -0.466. The van der Waals surface area contributed by atoms with E-state index in [9.17, 15) is 4.39 Å². The number of thioether (sulfide) groups is 1. The van der Waals surface area contributed by atoms with E-state index in [4.69, 9.17) is 14.5 Å². The molecule has 0 bridgehead atoms. The molecule has 2 aliphatic heterocycles. The van der Waals surface area contributed by atoms with Crippen molar-refractivity contribution in [2.45, 2.75) is 38.1 Å². The molecule has 0 aliphatic carbocycles. The van der Waals surface area contributed by atoms with Crippen LogP contribution in [0.25, 0.3) is 0 Å². The Bertz CT molecular complexity index is 1340. The first-order valence-electron chi connectivity index (χ1n) is 12.8. The third kappa shape index (κ3) is 5.98. The average Bonchev–Trinajstić information content (AvgIpc) is 3.66. The van der Waals surface area contributed by atoms with E-state index in [1.165, 1.54) is 18.0 Å². The van der Waals surface area contributed by atoms with E-state index in [-0.39, 0.29) is 6.04 Å². The molecule has 0 unspecified atom stereocenters. The highest BCUT2D eigenvalue weighted by atomic mass is 32.2. The number of benzene rings is 1. The van der Waals surface area contributed by atoms with Crippen molar-refractivity contribution in [1.82, 2.24) is 14.5 Å². The van der Waals surface area contributed by atoms with E-state index in [0.29, 0.717) is 26.0 Å². The van der Waals surface area contributed by atoms with Gasteiger partial charge in [-0.1, -0.05) is 0 Å². The zero-order valence-electron chi connectivity index (χ0n) is 21.0. The third-order valence-electron chi connectivity index (χ3n) is 6.84. The number of hydrogen-bond donors (Lipinski definition) is 1. The first kappa shape index (κ1) is 25.2. The molecule has 0 amide bonds. The summed E-state index contributed by atoms with van der Waals surface area (Å²) < 4.78 is 27.4. The van der Waals surface area contributed by atoms with Crippen LogP contribution < -0.4 is 15.0 Å². The van der Waals surface area contributed by atoms with E-state index >= 15 is 0 Å². The zero-order chi connectivity index (χ0) is 25.7. The highest BCUT2D eigenvalue weighted by Crippen LogP contribution is 2.38. The van der Waals surface area contributed by atoms with Gasteiger partial charge in [0.1, 0.15) is 18.6 Å². The number of halogens is 1. The van der Waals surface area contributed by atoms with Crippen LogP contribution in [-0.2, 0) is 17.9 Å². The summed E-state index contributed by atoms with van der Waals surface area (Å²) >= 11 is 3.54. The first-order chi connectivity index (χ1) is 18.7. The molecule has 2 aliphatic rings. The maximum absolute atomic E-state index is 13.4. The van der Waals surface area contributed by atoms with Gasteiger partial charge in [0.2, 0.25) is 5.95 Å². The van der Waals surface area contributed by atoms with Crippen LogP contribution in [0, 0.1) is 5.95 Å². The van der Waals surface area contributed by atoms with Gasteiger partial charge in [-0.2, -0.15) is 16.2 Å². The van der Waals surface area contributed by atoms with Crippen LogP contribution in [-0.4, -0.2) is 45.4 Å². The van der Waals surface area contributed by atoms with Gasteiger partial charge in [-0.15, -0.1) is 11.3 Å². The second kappa shape index (κ2) is 11.8. The molecule has 7 nitrogen and oxygen atoms in total. The van der Waals surface area contributed by atoms with Gasteiger partial charge in [0.05, 0.1) is 18.3 Å². The number of anilines is 2. The topological polar surface area (TPSA) is 64.4 Å². The lowest BCUT2D eigenvalue weighted by Gasteiger charge is -2.27. The standard InChI is InChI=1S/C28H30FN5O2S2/c29-27-13-20(9-10-30-27)14-33-11-1-3-22(33)15-35-19-31-28-32-25(18-38-28)26-4-2-12-34(26)21-5-7-23(8-6-21)36-24-16-37-17-24/h1,3,5-11,13,18,24,26H,2,4,12,14-17,19H2,(H,31,32)/t26-/m1/s1. The Kier molecular flexibility index (Phi) is 7.80. The maximum atomic E-state index is 13.4. The van der Waals surface area contributed by atoms with Gasteiger partial charge in [-0.3, -0.25) is 0 Å². The molecule has 6 rings (SSSR count). The predicted octanol–water partition coefficient (Wildman–Crippen LogP) is 5.95. The summed E-state index contributed by atoms with van der Waals surface area (Å²) in [6, 6.07) is 16.0. The van der Waals surface area contributed by atoms with Crippen molar-refractivity contribution < 1.29 is 13.9 Å². The minimum absolute atomic E-state index is 0.277. The number of nitrogens with zero attached hydrogens (tertiary/aromatic N) is 4. The Balaban J connectivity index is 1.00. The van der Waals surface area contributed by atoms with Crippen LogP contribution in [0.15, 0.2) is 66.3 Å². The first-order valence-corrected chi connectivity index (χ1v) is 14.9. The van der Waals surface area contributed by atoms with Crippen LogP contribution in [0.3, 0.4) is 0 Å². The summed E-state index contributed by atoms with van der Waals surface area (Å²) in [4.78, 5) is 10.9. The van der Waals surface area contributed by atoms with E-state index < -0.39 is 5.95 Å². The van der Waals surface area contributed by atoms with E-state index in [1.54, 1.807) is 11.3 Å². The Morgan fingerprint density at radius 1 is 1.13 bits per heavy atom. The lowest BCUT2D eigenvalue weighted by atomic mass is 10.1. The molecule has 1 aromatic carbocycles. The lowest BCUT2D eigenvalue weighted by molar-refractivity contribution is 0.133. The molecule has 1 N–H and O–H groups in total. The van der Waals surface area contributed by atoms with Crippen molar-refractivity contribution in [2.24, 2.45) is 0 Å². The molecule has 5 heterocycles. The van der Waals surface area contributed by atoms with Crippen molar-refractivity contribution in [3.05, 3.63) is 89.2 Å². The van der Waals surface area contributed by atoms with Crippen LogP contribution in [0.4, 0.5) is 15.2 Å². The third-order valence-corrected chi connectivity index (χ3v) is 8.87. The van der Waals surface area contributed by atoms with E-state index in [2.05, 4.69) is 49.4 Å². The minimum Gasteiger partial charge on any atom is -0.489 e. The van der Waals surface area contributed by atoms with Crippen LogP contribution >= 0.6 is 23.1 Å². The zero-order valence-corrected chi connectivity index (χ0v) is 22.6. The quantitative estimate of drug-likeness (QED) is 0.140. The molecule has 198 valence electrons. The number of aromatic nitrogens is 3. The van der Waals surface area contributed by atoms with E-state index in [1.807, 2.05) is 36.2 Å². The molecular weight excluding hydrogens is 521 g/mol. The summed E-state index contributed by atoms with van der Waals surface area (Å²) in [5.41, 5.74) is 4.20. The molecule has 2 fully saturated rings. The van der Waals surface area contributed by atoms with Crippen molar-refractivity contribution in [3.63, 3.8) is 0 Å². The molecule has 0 spiro atoms. The SMILES string of the molecule is Fc1cc(Cn2cccc2COCNc2nc([C@H]3CCCN3c3ccc(OC4CSC4)cc3)cs2)ccn1. The molecule has 0 saturated carbocycles. The maximum Gasteiger partial charge on any atom is 0.213 e. The Morgan fingerprint density at radius 2 is 2.03 bits per heavy atom. The molecular formula is C28H30FN5O2S2. The number of pyridine rings is 1. The highest BCUT2D eigenvalue weighted by molar-refractivity contribution is 8.00. The average molecular weight is 552 g/mol. The predicted molar refractivity (Wildman–Crippen MR) is 151 cm³/mol. The van der Waals surface area contributed by atoms with E-state index in [0.717, 1.165) is 58.7 Å². The Morgan fingerprint density at radius 3 is 2.84 bits per heavy atom. The van der Waals surface area contributed by atoms with Crippen molar-refractivity contribution in [1.29, 1.82) is 0 Å². The van der Waals surface area contributed by atoms with Crippen molar-refractivity contribution in [2.75, 3.05) is 35.0 Å². The van der Waals surface area contributed by atoms with Gasteiger partial charge in [0.15, 0.2) is 5.13 Å². The molecule has 2 saturated heterocycles. The number of thiazole rings is 1. The molecule has 3 aromatic heterocycles. The summed E-state index contributed by atoms with van der Waals surface area (Å²) in [7, 11) is 0. The lowest BCUT2D eigenvalue weighted by Crippen LogP contribution is -2.31. The summed E-state index contributed by atoms with van der Waals surface area (Å²) in [6.07, 6.45) is 6.06. The summed E-state index contributed by atoms with van der Waals surface area (Å²) in [5.74, 6) is 2.66. The van der Waals surface area contributed by atoms with Gasteiger partial charge in [-0.25, -0.2) is 9.97 Å². The van der Waals surface area contributed by atoms with Gasteiger partial charge >= 0.3 is 0 Å². The Labute approximate surface area is 230 Å². The van der Waals surface area contributed by atoms with Gasteiger partial charge in [0.25, 0.3) is 0 Å². The molecule has 1 atom stereocenters.